The Morgan fingerprint density at radius 1 is 0.218 bits per heavy atom. The van der Waals surface area contributed by atoms with E-state index in [4.69, 9.17) is 12.9 Å². The van der Waals surface area contributed by atoms with Crippen molar-refractivity contribution in [1.82, 2.24) is 0 Å². The van der Waals surface area contributed by atoms with Crippen LogP contribution in [0.5, 0.6) is 0 Å². The second kappa shape index (κ2) is 30.6. The zero-order valence-electron chi connectivity index (χ0n) is 40.5. The van der Waals surface area contributed by atoms with Crippen molar-refractivity contribution < 1.29 is 12.9 Å². The van der Waals surface area contributed by atoms with Gasteiger partial charge in [-0.2, -0.15) is 0 Å². The molecule has 0 aliphatic heterocycles. The fourth-order valence-electron chi connectivity index (χ4n) is 9.81. The first-order chi connectivity index (χ1) is 26.5. The average Bonchev–Trinajstić information content (AvgIpc) is 3.21. The topological polar surface area (TPSA) is 27.7 Å². The zero-order valence-corrected chi connectivity index (χ0v) is 44.0. The van der Waals surface area contributed by atoms with Crippen molar-refractivity contribution in [1.29, 1.82) is 0 Å². The van der Waals surface area contributed by atoms with Gasteiger partial charge >= 0.3 is 353 Å². The van der Waals surface area contributed by atoms with Crippen LogP contribution in [-0.2, 0) is 12.9 Å². The fourth-order valence-corrected chi connectivity index (χ4v) is 36.8. The molecular formula is C48H108O3P4. The van der Waals surface area contributed by atoms with Gasteiger partial charge in [-0.25, -0.2) is 0 Å². The van der Waals surface area contributed by atoms with E-state index in [-0.39, 0.29) is 0 Å². The third-order valence-electron chi connectivity index (χ3n) is 13.8. The third-order valence-corrected chi connectivity index (χ3v) is 38.3. The van der Waals surface area contributed by atoms with Gasteiger partial charge in [-0.15, -0.1) is 0 Å². The molecule has 0 unspecified atom stereocenters. The Labute approximate surface area is 351 Å². The summed E-state index contributed by atoms with van der Waals surface area (Å²) in [5.41, 5.74) is 0. The molecule has 338 valence electrons. The van der Waals surface area contributed by atoms with Crippen LogP contribution in [-0.4, -0.2) is 73.9 Å². The Bertz CT molecular complexity index is 669. The summed E-state index contributed by atoms with van der Waals surface area (Å²) < 4.78 is 26.0. The van der Waals surface area contributed by atoms with Crippen molar-refractivity contribution in [2.24, 2.45) is 0 Å². The SMILES string of the molecule is CCCCP(CCCC)(CCCC)(CCCC)OP(OP(CCCC)(CCCC)(CCCC)CCCC)OP(CCCC)(CCCC)(CCCC)CCCC. The Morgan fingerprint density at radius 3 is 0.418 bits per heavy atom. The van der Waals surface area contributed by atoms with Crippen LogP contribution in [0, 0.1) is 0 Å². The summed E-state index contributed by atoms with van der Waals surface area (Å²) in [6.45, 7) is 21.0. The summed E-state index contributed by atoms with van der Waals surface area (Å²) in [5, 5.41) is 0. The van der Waals surface area contributed by atoms with Crippen molar-refractivity contribution in [3.8, 4) is 0 Å². The van der Waals surface area contributed by atoms with Crippen molar-refractivity contribution >= 4 is 29.1 Å². The van der Waals surface area contributed by atoms with Crippen LogP contribution in [0.25, 0.3) is 0 Å². The summed E-state index contributed by atoms with van der Waals surface area (Å²) in [6, 6.07) is 0. The first-order valence-corrected chi connectivity index (χ1v) is 35.2. The Hall–Kier alpha value is 1.60. The van der Waals surface area contributed by atoms with Crippen molar-refractivity contribution in [3.05, 3.63) is 0 Å². The molecule has 0 aromatic heterocycles. The summed E-state index contributed by atoms with van der Waals surface area (Å²) >= 11 is 0. The van der Waals surface area contributed by atoms with Crippen LogP contribution in [0.15, 0.2) is 0 Å². The van der Waals surface area contributed by atoms with Gasteiger partial charge in [0.25, 0.3) is 0 Å². The number of unbranched alkanes of at least 4 members (excludes halogenated alkanes) is 12. The normalized spacial score (nSPS) is 15.6. The molecule has 0 heterocycles. The first kappa shape index (κ1) is 56.6. The predicted molar refractivity (Wildman–Crippen MR) is 268 cm³/mol. The maximum absolute atomic E-state index is 8.65. The molecule has 0 aromatic rings. The van der Waals surface area contributed by atoms with Crippen LogP contribution in [0.1, 0.15) is 237 Å². The first-order valence-electron chi connectivity index (χ1n) is 25.4. The molecule has 7 heteroatoms. The quantitative estimate of drug-likeness (QED) is 0.0573. The van der Waals surface area contributed by atoms with Gasteiger partial charge in [0.15, 0.2) is 0 Å². The van der Waals surface area contributed by atoms with Gasteiger partial charge in [0, 0.05) is 0 Å². The minimum atomic E-state index is -2.71. The molecule has 0 radical (unpaired) electrons. The third kappa shape index (κ3) is 19.0. The van der Waals surface area contributed by atoms with E-state index in [9.17, 15) is 0 Å². The van der Waals surface area contributed by atoms with Gasteiger partial charge in [-0.1, -0.05) is 0 Å². The van der Waals surface area contributed by atoms with Gasteiger partial charge < -0.3 is 0 Å². The molecule has 0 saturated carbocycles. The number of hydrogen-bond acceptors (Lipinski definition) is 3. The van der Waals surface area contributed by atoms with Crippen molar-refractivity contribution in [2.45, 2.75) is 237 Å². The molecule has 0 N–H and O–H groups in total. The van der Waals surface area contributed by atoms with Gasteiger partial charge in [0.05, 0.1) is 0 Å². The monoisotopic (exact) mass is 857 g/mol. The van der Waals surface area contributed by atoms with Gasteiger partial charge in [0.1, 0.15) is 0 Å². The van der Waals surface area contributed by atoms with Crippen molar-refractivity contribution in [2.75, 3.05) is 73.9 Å². The molecule has 0 aliphatic carbocycles. The van der Waals surface area contributed by atoms with Crippen LogP contribution in [0.2, 0.25) is 0 Å². The summed E-state index contributed by atoms with van der Waals surface area (Å²) in [7, 11) is -1.49. The van der Waals surface area contributed by atoms with Gasteiger partial charge in [-0.05, 0) is 0 Å². The molecule has 0 fully saturated rings. The summed E-state index contributed by atoms with van der Waals surface area (Å²) in [5.74, 6) is 0. The van der Waals surface area contributed by atoms with Crippen LogP contribution in [0.4, 0.5) is 0 Å². The Kier molecular flexibility index (Phi) is 31.5. The standard InChI is InChI=1S/C48H108O3P4/c1-13-25-37-53(38-26-14-2,39-27-15-3,40-28-16-4)49-52(50-54(41-29-17-5,42-30-18-6,43-31-19-7)44-32-20-8)51-55(45-33-21-9,46-34-22-10,47-35-23-11)48-36-24-12/h13-48H2,1-12H3. The Morgan fingerprint density at radius 2 is 0.327 bits per heavy atom. The summed E-state index contributed by atoms with van der Waals surface area (Å²) in [6.07, 6.45) is 46.1. The van der Waals surface area contributed by atoms with E-state index >= 15 is 0 Å². The van der Waals surface area contributed by atoms with E-state index < -0.39 is 29.1 Å². The molecular weight excluding hydrogens is 748 g/mol. The van der Waals surface area contributed by atoms with Crippen LogP contribution in [0.3, 0.4) is 0 Å². The van der Waals surface area contributed by atoms with E-state index in [0.29, 0.717) is 0 Å². The molecule has 0 rings (SSSR count). The molecule has 3 nitrogen and oxygen atoms in total. The van der Waals surface area contributed by atoms with Gasteiger partial charge in [-0.3, -0.25) is 0 Å². The molecule has 55 heavy (non-hydrogen) atoms. The molecule has 0 saturated heterocycles. The van der Waals surface area contributed by atoms with Crippen LogP contribution >= 0.6 is 29.1 Å². The number of hydrogen-bond donors (Lipinski definition) is 0. The molecule has 0 spiro atoms. The zero-order chi connectivity index (χ0) is 41.5. The number of rotatable bonds is 42. The van der Waals surface area contributed by atoms with E-state index in [1.54, 1.807) is 0 Å². The predicted octanol–water partition coefficient (Wildman–Crippen LogP) is 19.3. The summed E-state index contributed by atoms with van der Waals surface area (Å²) in [4.78, 5) is 0. The van der Waals surface area contributed by atoms with Crippen molar-refractivity contribution in [3.63, 3.8) is 0 Å². The van der Waals surface area contributed by atoms with E-state index in [2.05, 4.69) is 83.1 Å². The molecule has 0 atom stereocenters. The van der Waals surface area contributed by atoms with E-state index in [0.717, 1.165) is 0 Å². The molecule has 0 amide bonds. The fraction of sp³-hybridized carbons (Fsp3) is 1.00. The molecule has 0 bridgehead atoms. The average molecular weight is 857 g/mol. The minimum absolute atomic E-state index is 1.25. The van der Waals surface area contributed by atoms with Gasteiger partial charge in [0.2, 0.25) is 0 Å². The Balaban J connectivity index is 8.67. The second-order valence-corrected chi connectivity index (χ2v) is 37.9. The maximum atomic E-state index is 8.65. The molecule has 0 aliphatic rings. The molecule has 0 aromatic carbocycles. The van der Waals surface area contributed by atoms with Crippen LogP contribution < -0.4 is 0 Å². The van der Waals surface area contributed by atoms with E-state index in [1.807, 2.05) is 0 Å². The second-order valence-electron chi connectivity index (χ2n) is 19.0. The van der Waals surface area contributed by atoms with E-state index in [1.165, 1.54) is 228 Å².